The minimum absolute atomic E-state index is 0.327. The lowest BCUT2D eigenvalue weighted by Crippen LogP contribution is -2.42. The predicted octanol–water partition coefficient (Wildman–Crippen LogP) is 1.77. The van der Waals surface area contributed by atoms with Crippen LogP contribution >= 0.6 is 0 Å². The van der Waals surface area contributed by atoms with Crippen LogP contribution in [0.15, 0.2) is 0 Å². The van der Waals surface area contributed by atoms with Crippen LogP contribution < -0.4 is 5.32 Å². The molecule has 1 aliphatic carbocycles. The number of methoxy groups -OCH3 is 1. The molecule has 0 aromatic carbocycles. The van der Waals surface area contributed by atoms with Gasteiger partial charge < -0.3 is 9.64 Å². The van der Waals surface area contributed by atoms with Crippen LogP contribution in [0, 0.1) is 11.3 Å². The Balaban J connectivity index is 2.09. The molecule has 1 aliphatic rings. The molecule has 4 nitrogen and oxygen atoms in total. The molecule has 0 amide bonds. The molecule has 0 bridgehead atoms. The number of hydrogen-bond donors (Lipinski definition) is 1. The lowest BCUT2D eigenvalue weighted by Gasteiger charge is -2.24. The van der Waals surface area contributed by atoms with Crippen LogP contribution in [0.3, 0.4) is 0 Å². The first-order valence-electron chi connectivity index (χ1n) is 6.96. The van der Waals surface area contributed by atoms with E-state index in [2.05, 4.69) is 23.3 Å². The maximum atomic E-state index is 9.25. The summed E-state index contributed by atoms with van der Waals surface area (Å²) in [7, 11) is 3.85. The molecule has 0 heterocycles. The first-order valence-corrected chi connectivity index (χ1v) is 6.96. The maximum Gasteiger partial charge on any atom is 0.104 e. The van der Waals surface area contributed by atoms with E-state index in [1.54, 1.807) is 7.11 Å². The van der Waals surface area contributed by atoms with Gasteiger partial charge in [0.25, 0.3) is 0 Å². The van der Waals surface area contributed by atoms with Gasteiger partial charge in [0.2, 0.25) is 0 Å². The average molecular weight is 253 g/mol. The Labute approximate surface area is 111 Å². The molecule has 1 unspecified atom stereocenters. The van der Waals surface area contributed by atoms with Crippen LogP contribution in [0.25, 0.3) is 0 Å². The molecule has 104 valence electrons. The van der Waals surface area contributed by atoms with E-state index >= 15 is 0 Å². The Hall–Kier alpha value is -0.630. The minimum atomic E-state index is -0.327. The highest BCUT2D eigenvalue weighted by molar-refractivity contribution is 5.06. The van der Waals surface area contributed by atoms with Crippen LogP contribution in [0.5, 0.6) is 0 Å². The zero-order valence-electron chi connectivity index (χ0n) is 12.0. The van der Waals surface area contributed by atoms with Gasteiger partial charge >= 0.3 is 0 Å². The van der Waals surface area contributed by atoms with E-state index in [4.69, 9.17) is 4.74 Å². The van der Waals surface area contributed by atoms with Gasteiger partial charge in [0.05, 0.1) is 12.7 Å². The predicted molar refractivity (Wildman–Crippen MR) is 73.4 cm³/mol. The van der Waals surface area contributed by atoms with Crippen molar-refractivity contribution >= 4 is 0 Å². The van der Waals surface area contributed by atoms with Crippen molar-refractivity contribution in [2.24, 2.45) is 0 Å². The fourth-order valence-corrected chi connectivity index (χ4v) is 2.06. The highest BCUT2D eigenvalue weighted by atomic mass is 16.5. The molecule has 4 heteroatoms. The summed E-state index contributed by atoms with van der Waals surface area (Å²) in [6.07, 6.45) is 5.65. The van der Waals surface area contributed by atoms with Crippen molar-refractivity contribution in [3.63, 3.8) is 0 Å². The Morgan fingerprint density at radius 1 is 1.39 bits per heavy atom. The van der Waals surface area contributed by atoms with E-state index in [0.29, 0.717) is 6.04 Å². The molecule has 0 aromatic heterocycles. The van der Waals surface area contributed by atoms with E-state index < -0.39 is 0 Å². The molecule has 1 atom stereocenters. The zero-order valence-corrected chi connectivity index (χ0v) is 12.0. The number of ether oxygens (including phenoxy) is 1. The summed E-state index contributed by atoms with van der Waals surface area (Å²) < 4.78 is 5.05. The van der Waals surface area contributed by atoms with Gasteiger partial charge in [-0.25, -0.2) is 0 Å². The third kappa shape index (κ3) is 6.34. The molecule has 1 N–H and O–H groups in total. The lowest BCUT2D eigenvalue weighted by atomic mass is 9.96. The Kier molecular flexibility index (Phi) is 6.62. The van der Waals surface area contributed by atoms with Crippen LogP contribution in [0.1, 0.15) is 39.0 Å². The Morgan fingerprint density at radius 2 is 2.11 bits per heavy atom. The fraction of sp³-hybridized carbons (Fsp3) is 0.929. The van der Waals surface area contributed by atoms with E-state index in [-0.39, 0.29) is 5.54 Å². The van der Waals surface area contributed by atoms with Gasteiger partial charge in [-0.15, -0.1) is 0 Å². The molecule has 0 aliphatic heterocycles. The van der Waals surface area contributed by atoms with E-state index in [1.807, 2.05) is 6.92 Å². The topological polar surface area (TPSA) is 48.3 Å². The van der Waals surface area contributed by atoms with Gasteiger partial charge in [-0.3, -0.25) is 5.32 Å². The highest BCUT2D eigenvalue weighted by Crippen LogP contribution is 2.24. The van der Waals surface area contributed by atoms with Crippen molar-refractivity contribution in [1.82, 2.24) is 10.2 Å². The van der Waals surface area contributed by atoms with Crippen LogP contribution in [0.2, 0.25) is 0 Å². The molecule has 1 fully saturated rings. The standard InChI is InChI=1S/C14H27N3O/c1-14(12-15,16-13-6-7-13)8-4-5-9-17(2)10-11-18-3/h13,16H,4-11H2,1-3H3. The molecule has 0 radical (unpaired) electrons. The summed E-state index contributed by atoms with van der Waals surface area (Å²) in [5.41, 5.74) is -0.327. The second-order valence-corrected chi connectivity index (χ2v) is 5.62. The van der Waals surface area contributed by atoms with Crippen molar-refractivity contribution in [2.45, 2.75) is 50.6 Å². The van der Waals surface area contributed by atoms with Crippen LogP contribution in [-0.4, -0.2) is 50.3 Å². The number of nitrogens with one attached hydrogen (secondary N) is 1. The number of rotatable bonds is 10. The first kappa shape index (κ1) is 15.4. The smallest absolute Gasteiger partial charge is 0.104 e. The molecule has 0 saturated heterocycles. The highest BCUT2D eigenvalue weighted by Gasteiger charge is 2.31. The van der Waals surface area contributed by atoms with Crippen LogP contribution in [-0.2, 0) is 4.74 Å². The van der Waals surface area contributed by atoms with Gasteiger partial charge in [-0.05, 0) is 52.6 Å². The number of hydrogen-bond acceptors (Lipinski definition) is 4. The van der Waals surface area contributed by atoms with E-state index in [1.165, 1.54) is 12.8 Å². The van der Waals surface area contributed by atoms with Crippen molar-refractivity contribution < 1.29 is 4.74 Å². The number of likely N-dealkylation sites (N-methyl/N-ethyl adjacent to an activating group) is 1. The van der Waals surface area contributed by atoms with Gasteiger partial charge in [0, 0.05) is 19.7 Å². The second-order valence-electron chi connectivity index (χ2n) is 5.62. The average Bonchev–Trinajstić information content (AvgIpc) is 3.16. The number of nitriles is 1. The van der Waals surface area contributed by atoms with Gasteiger partial charge in [-0.1, -0.05) is 0 Å². The Bertz CT molecular complexity index is 273. The largest absolute Gasteiger partial charge is 0.383 e. The van der Waals surface area contributed by atoms with Gasteiger partial charge in [0.1, 0.15) is 5.54 Å². The SMILES string of the molecule is COCCN(C)CCCCC(C)(C#N)NC1CC1. The maximum absolute atomic E-state index is 9.25. The quantitative estimate of drug-likeness (QED) is 0.603. The third-order valence-electron chi connectivity index (χ3n) is 3.49. The van der Waals surface area contributed by atoms with Gasteiger partial charge in [-0.2, -0.15) is 5.26 Å². The summed E-state index contributed by atoms with van der Waals surface area (Å²) in [6, 6.07) is 3.02. The normalized spacial score (nSPS) is 18.6. The second kappa shape index (κ2) is 7.73. The Morgan fingerprint density at radius 3 is 2.67 bits per heavy atom. The third-order valence-corrected chi connectivity index (χ3v) is 3.49. The van der Waals surface area contributed by atoms with Gasteiger partial charge in [0.15, 0.2) is 0 Å². The number of unbranched alkanes of at least 4 members (excludes halogenated alkanes) is 1. The van der Waals surface area contributed by atoms with Crippen molar-refractivity contribution in [3.8, 4) is 6.07 Å². The molecule has 1 saturated carbocycles. The number of nitrogens with zero attached hydrogens (tertiary/aromatic N) is 2. The lowest BCUT2D eigenvalue weighted by molar-refractivity contribution is 0.160. The van der Waals surface area contributed by atoms with Crippen LogP contribution in [0.4, 0.5) is 0 Å². The first-order chi connectivity index (χ1) is 8.59. The van der Waals surface area contributed by atoms with E-state index in [9.17, 15) is 5.26 Å². The molecule has 0 spiro atoms. The zero-order chi connectivity index (χ0) is 13.4. The summed E-state index contributed by atoms with van der Waals surface area (Å²) in [4.78, 5) is 2.28. The minimum Gasteiger partial charge on any atom is -0.383 e. The summed E-state index contributed by atoms with van der Waals surface area (Å²) in [5.74, 6) is 0. The summed E-state index contributed by atoms with van der Waals surface area (Å²) >= 11 is 0. The molecule has 0 aromatic rings. The molecule has 18 heavy (non-hydrogen) atoms. The molecule has 1 rings (SSSR count). The molecular weight excluding hydrogens is 226 g/mol. The van der Waals surface area contributed by atoms with E-state index in [0.717, 1.165) is 39.0 Å². The summed E-state index contributed by atoms with van der Waals surface area (Å²) in [5, 5.41) is 12.7. The fourth-order valence-electron chi connectivity index (χ4n) is 2.06. The van der Waals surface area contributed by atoms with Crippen molar-refractivity contribution in [1.29, 1.82) is 5.26 Å². The monoisotopic (exact) mass is 253 g/mol. The summed E-state index contributed by atoms with van der Waals surface area (Å²) in [6.45, 7) is 4.87. The molecular formula is C14H27N3O. The van der Waals surface area contributed by atoms with Crippen molar-refractivity contribution in [2.75, 3.05) is 33.9 Å². The van der Waals surface area contributed by atoms with Crippen molar-refractivity contribution in [3.05, 3.63) is 0 Å².